The fourth-order valence-corrected chi connectivity index (χ4v) is 5.97. The SMILES string of the molecule is CC1CC(C)C1.CC1CCC(C)CC1.CC1CCCC(C)C1.CC1CCCCC1C. The summed E-state index contributed by atoms with van der Waals surface area (Å²) in [6, 6.07) is 0. The highest BCUT2D eigenvalue weighted by molar-refractivity contribution is 4.71. The minimum Gasteiger partial charge on any atom is -0.0625 e. The molecule has 0 nitrogen and oxygen atoms in total. The molecule has 4 rings (SSSR count). The van der Waals surface area contributed by atoms with Gasteiger partial charge in [0.2, 0.25) is 0 Å². The molecule has 4 fully saturated rings. The van der Waals surface area contributed by atoms with Crippen molar-refractivity contribution >= 4 is 0 Å². The third-order valence-corrected chi connectivity index (χ3v) is 8.65. The third kappa shape index (κ3) is 13.4. The summed E-state index contributed by atoms with van der Waals surface area (Å²) in [6.45, 7) is 18.9. The van der Waals surface area contributed by atoms with Crippen LogP contribution in [0.25, 0.3) is 0 Å². The van der Waals surface area contributed by atoms with Crippen molar-refractivity contribution in [1.29, 1.82) is 0 Å². The van der Waals surface area contributed by atoms with Crippen molar-refractivity contribution in [2.24, 2.45) is 47.3 Å². The summed E-state index contributed by atoms with van der Waals surface area (Å²) in [5.41, 5.74) is 0. The first kappa shape index (κ1) is 28.0. The molecule has 0 N–H and O–H groups in total. The van der Waals surface area contributed by atoms with Gasteiger partial charge in [-0.3, -0.25) is 0 Å². The lowest BCUT2D eigenvalue weighted by molar-refractivity contribution is 0.233. The third-order valence-electron chi connectivity index (χ3n) is 8.65. The van der Waals surface area contributed by atoms with Gasteiger partial charge in [-0.15, -0.1) is 0 Å². The zero-order valence-electron chi connectivity index (χ0n) is 22.5. The highest BCUT2D eigenvalue weighted by atomic mass is 14.3. The second kappa shape index (κ2) is 15.7. The monoisotopic (exact) mass is 420 g/mol. The van der Waals surface area contributed by atoms with Crippen molar-refractivity contribution in [3.05, 3.63) is 0 Å². The Morgan fingerprint density at radius 1 is 0.300 bits per heavy atom. The topological polar surface area (TPSA) is 0 Å². The number of rotatable bonds is 0. The molecular formula is C30H60. The first-order chi connectivity index (χ1) is 14.2. The summed E-state index contributed by atoms with van der Waals surface area (Å²) < 4.78 is 0. The van der Waals surface area contributed by atoms with E-state index in [0.717, 1.165) is 47.3 Å². The number of hydrogen-bond donors (Lipinski definition) is 0. The molecule has 0 heterocycles. The molecule has 4 aliphatic carbocycles. The summed E-state index contributed by atoms with van der Waals surface area (Å²) in [4.78, 5) is 0. The second-order valence-corrected chi connectivity index (χ2v) is 12.7. The molecule has 4 atom stereocenters. The minimum absolute atomic E-state index is 1.00. The zero-order chi connectivity index (χ0) is 22.5. The predicted molar refractivity (Wildman–Crippen MR) is 138 cm³/mol. The Balaban J connectivity index is 0.000000201. The molecular weight excluding hydrogens is 360 g/mol. The Labute approximate surface area is 192 Å². The van der Waals surface area contributed by atoms with Crippen LogP contribution in [0.3, 0.4) is 0 Å². The van der Waals surface area contributed by atoms with Gasteiger partial charge in [0, 0.05) is 0 Å². The van der Waals surface area contributed by atoms with Gasteiger partial charge in [-0.2, -0.15) is 0 Å². The molecule has 4 unspecified atom stereocenters. The zero-order valence-corrected chi connectivity index (χ0v) is 22.5. The van der Waals surface area contributed by atoms with Crippen molar-refractivity contribution in [3.8, 4) is 0 Å². The molecule has 0 bridgehead atoms. The largest absolute Gasteiger partial charge is 0.0625 e. The van der Waals surface area contributed by atoms with Gasteiger partial charge in [-0.1, -0.05) is 126 Å². The Kier molecular flexibility index (Phi) is 14.7. The maximum Gasteiger partial charge on any atom is -0.0417 e. The van der Waals surface area contributed by atoms with Crippen molar-refractivity contribution in [3.63, 3.8) is 0 Å². The molecule has 30 heavy (non-hydrogen) atoms. The van der Waals surface area contributed by atoms with Crippen molar-refractivity contribution in [2.75, 3.05) is 0 Å². The molecule has 180 valence electrons. The molecule has 0 saturated heterocycles. The van der Waals surface area contributed by atoms with E-state index in [0.29, 0.717) is 0 Å². The molecule has 0 aromatic rings. The van der Waals surface area contributed by atoms with E-state index in [4.69, 9.17) is 0 Å². The van der Waals surface area contributed by atoms with Crippen LogP contribution in [-0.4, -0.2) is 0 Å². The van der Waals surface area contributed by atoms with E-state index >= 15 is 0 Å². The Morgan fingerprint density at radius 3 is 0.833 bits per heavy atom. The minimum atomic E-state index is 1.00. The van der Waals surface area contributed by atoms with Crippen molar-refractivity contribution < 1.29 is 0 Å². The molecule has 0 aliphatic heterocycles. The van der Waals surface area contributed by atoms with Crippen LogP contribution in [0.5, 0.6) is 0 Å². The van der Waals surface area contributed by atoms with Crippen LogP contribution in [-0.2, 0) is 0 Å². The summed E-state index contributed by atoms with van der Waals surface area (Å²) in [5.74, 6) is 8.15. The van der Waals surface area contributed by atoms with E-state index in [1.54, 1.807) is 0 Å². The first-order valence-electron chi connectivity index (χ1n) is 14.2. The quantitative estimate of drug-likeness (QED) is 0.365. The van der Waals surface area contributed by atoms with E-state index in [9.17, 15) is 0 Å². The van der Waals surface area contributed by atoms with E-state index < -0.39 is 0 Å². The van der Waals surface area contributed by atoms with Gasteiger partial charge in [0.25, 0.3) is 0 Å². The summed E-state index contributed by atoms with van der Waals surface area (Å²) >= 11 is 0. The fraction of sp³-hybridized carbons (Fsp3) is 1.00. The summed E-state index contributed by atoms with van der Waals surface area (Å²) in [6.07, 6.45) is 20.6. The molecule has 0 heteroatoms. The lowest BCUT2D eigenvalue weighted by atomic mass is 9.78. The van der Waals surface area contributed by atoms with Crippen LogP contribution in [0.4, 0.5) is 0 Å². The normalized spacial score (nSPS) is 40.8. The van der Waals surface area contributed by atoms with Crippen LogP contribution in [0.1, 0.15) is 145 Å². The van der Waals surface area contributed by atoms with E-state index in [-0.39, 0.29) is 0 Å². The van der Waals surface area contributed by atoms with Gasteiger partial charge < -0.3 is 0 Å². The fourth-order valence-electron chi connectivity index (χ4n) is 5.97. The maximum absolute atomic E-state index is 2.38. The molecule has 0 spiro atoms. The van der Waals surface area contributed by atoms with Crippen LogP contribution >= 0.6 is 0 Å². The molecule has 0 aromatic carbocycles. The lowest BCUT2D eigenvalue weighted by Crippen LogP contribution is -2.16. The smallest absolute Gasteiger partial charge is 0.0417 e. The number of hydrogen-bond acceptors (Lipinski definition) is 0. The van der Waals surface area contributed by atoms with Crippen LogP contribution in [0.15, 0.2) is 0 Å². The van der Waals surface area contributed by atoms with Gasteiger partial charge in [0.15, 0.2) is 0 Å². The summed E-state index contributed by atoms with van der Waals surface area (Å²) in [5, 5.41) is 0. The average molecular weight is 421 g/mol. The van der Waals surface area contributed by atoms with Crippen molar-refractivity contribution in [2.45, 2.75) is 145 Å². The van der Waals surface area contributed by atoms with Crippen LogP contribution in [0, 0.1) is 47.3 Å². The van der Waals surface area contributed by atoms with Crippen LogP contribution in [0.2, 0.25) is 0 Å². The molecule has 4 aliphatic rings. The van der Waals surface area contributed by atoms with Crippen molar-refractivity contribution in [1.82, 2.24) is 0 Å². The van der Waals surface area contributed by atoms with E-state index in [1.165, 1.54) is 89.9 Å². The highest BCUT2D eigenvalue weighted by Crippen LogP contribution is 2.32. The average Bonchev–Trinajstić information content (AvgIpc) is 2.67. The van der Waals surface area contributed by atoms with Crippen LogP contribution < -0.4 is 0 Å². The van der Waals surface area contributed by atoms with Gasteiger partial charge in [-0.05, 0) is 66.6 Å². The molecule has 4 saturated carbocycles. The Morgan fingerprint density at radius 2 is 0.633 bits per heavy atom. The van der Waals surface area contributed by atoms with E-state index in [2.05, 4.69) is 55.4 Å². The standard InChI is InChI=1S/3C8H16.C6H12/c1-7-3-5-8(2)6-4-7;1-7-4-3-5-8(2)6-7;1-7-5-3-4-6-8(7)2;1-5-3-6(2)4-5/h3*7-8H,3-6H2,1-2H3;5-6H,3-4H2,1-2H3. The second-order valence-electron chi connectivity index (χ2n) is 12.7. The van der Waals surface area contributed by atoms with E-state index in [1.807, 2.05) is 0 Å². The lowest BCUT2D eigenvalue weighted by Gasteiger charge is -2.28. The molecule has 0 amide bonds. The van der Waals surface area contributed by atoms with Gasteiger partial charge >= 0.3 is 0 Å². The van der Waals surface area contributed by atoms with Gasteiger partial charge in [-0.25, -0.2) is 0 Å². The Hall–Kier alpha value is 0. The molecule has 0 aromatic heterocycles. The Bertz CT molecular complexity index is 351. The first-order valence-corrected chi connectivity index (χ1v) is 14.2. The summed E-state index contributed by atoms with van der Waals surface area (Å²) in [7, 11) is 0. The predicted octanol–water partition coefficient (Wildman–Crippen LogP) is 10.6. The molecule has 0 radical (unpaired) electrons. The van der Waals surface area contributed by atoms with Gasteiger partial charge in [0.05, 0.1) is 0 Å². The maximum atomic E-state index is 2.38. The van der Waals surface area contributed by atoms with Gasteiger partial charge in [0.1, 0.15) is 0 Å². The highest BCUT2D eigenvalue weighted by Gasteiger charge is 2.19.